The Kier molecular flexibility index (Phi) is 9.50. The van der Waals surface area contributed by atoms with E-state index in [4.69, 9.17) is 10.1 Å². The lowest BCUT2D eigenvalue weighted by Crippen LogP contribution is -2.36. The minimum Gasteiger partial charge on any atom is -0.289 e. The van der Waals surface area contributed by atoms with Crippen molar-refractivity contribution in [3.63, 3.8) is 0 Å². The smallest absolute Gasteiger partial charge is 0.0844 e. The van der Waals surface area contributed by atoms with Crippen molar-refractivity contribution in [1.29, 1.82) is 0 Å². The van der Waals surface area contributed by atoms with Crippen LogP contribution in [0.25, 0.3) is 11.1 Å². The summed E-state index contributed by atoms with van der Waals surface area (Å²) in [7, 11) is 0. The summed E-state index contributed by atoms with van der Waals surface area (Å²) in [5.41, 5.74) is 7.15. The molecule has 0 amide bonds. The molecule has 6 heteroatoms. The van der Waals surface area contributed by atoms with Gasteiger partial charge >= 0.3 is 0 Å². The third kappa shape index (κ3) is 7.30. The van der Waals surface area contributed by atoms with Gasteiger partial charge in [0.1, 0.15) is 0 Å². The molecule has 0 saturated heterocycles. The summed E-state index contributed by atoms with van der Waals surface area (Å²) < 4.78 is 0. The molecule has 3 heterocycles. The zero-order valence-electron chi connectivity index (χ0n) is 24.3. The quantitative estimate of drug-likeness (QED) is 0.210. The van der Waals surface area contributed by atoms with E-state index in [-0.39, 0.29) is 0 Å². The second kappa shape index (κ2) is 14.0. The summed E-state index contributed by atoms with van der Waals surface area (Å²) in [6.07, 6.45) is 16.8. The number of rotatable bonds is 11. The Labute approximate surface area is 245 Å². The first kappa shape index (κ1) is 27.8. The summed E-state index contributed by atoms with van der Waals surface area (Å²) in [4.78, 5) is 14.7. The van der Waals surface area contributed by atoms with Crippen molar-refractivity contribution in [3.05, 3.63) is 102 Å². The van der Waals surface area contributed by atoms with Crippen LogP contribution >= 0.6 is 0 Å². The molecule has 2 aliphatic rings. The lowest BCUT2D eigenvalue weighted by molar-refractivity contribution is 0.136. The van der Waals surface area contributed by atoms with Crippen molar-refractivity contribution in [2.75, 3.05) is 0 Å². The van der Waals surface area contributed by atoms with Crippen molar-refractivity contribution in [2.24, 2.45) is 0 Å². The van der Waals surface area contributed by atoms with Crippen LogP contribution in [0.3, 0.4) is 0 Å². The monoisotopic (exact) mass is 548 g/mol. The molecule has 0 aliphatic heterocycles. The van der Waals surface area contributed by atoms with E-state index in [9.17, 15) is 0 Å². The Morgan fingerprint density at radius 1 is 0.585 bits per heavy atom. The van der Waals surface area contributed by atoms with Crippen LogP contribution in [-0.4, -0.2) is 42.0 Å². The number of nitrogens with one attached hydrogen (secondary N) is 1. The fourth-order valence-corrected chi connectivity index (χ4v) is 6.91. The lowest BCUT2D eigenvalue weighted by Gasteiger charge is -2.34. The number of hydrogen-bond acceptors (Lipinski definition) is 5. The molecule has 1 aromatic carbocycles. The van der Waals surface area contributed by atoms with Gasteiger partial charge in [-0.15, -0.1) is 0 Å². The second-order valence-electron chi connectivity index (χ2n) is 11.9. The number of hydrogen-bond donors (Lipinski definition) is 1. The van der Waals surface area contributed by atoms with Crippen LogP contribution < -0.4 is 0 Å². The highest BCUT2D eigenvalue weighted by Crippen LogP contribution is 2.33. The maximum atomic E-state index is 5.04. The first-order valence-corrected chi connectivity index (χ1v) is 15.7. The highest BCUT2D eigenvalue weighted by atomic mass is 15.2. The molecule has 6 nitrogen and oxygen atoms in total. The van der Waals surface area contributed by atoms with E-state index >= 15 is 0 Å². The van der Waals surface area contributed by atoms with Gasteiger partial charge in [-0.3, -0.25) is 24.9 Å². The number of aromatic nitrogens is 4. The van der Waals surface area contributed by atoms with Crippen molar-refractivity contribution < 1.29 is 0 Å². The Morgan fingerprint density at radius 2 is 1.12 bits per heavy atom. The highest BCUT2D eigenvalue weighted by Gasteiger charge is 2.28. The van der Waals surface area contributed by atoms with Crippen molar-refractivity contribution >= 4 is 0 Å². The lowest BCUT2D eigenvalue weighted by atomic mass is 9.93. The van der Waals surface area contributed by atoms with E-state index in [2.05, 4.69) is 74.5 Å². The first-order chi connectivity index (χ1) is 20.3. The predicted octanol–water partition coefficient (Wildman–Crippen LogP) is 7.54. The largest absolute Gasteiger partial charge is 0.289 e. The molecular formula is C35H44N6. The fraction of sp³-hybridized carbons (Fsp3) is 0.457. The third-order valence-corrected chi connectivity index (χ3v) is 9.06. The molecule has 2 aliphatic carbocycles. The van der Waals surface area contributed by atoms with E-state index in [0.717, 1.165) is 43.3 Å². The maximum Gasteiger partial charge on any atom is 0.0844 e. The minimum absolute atomic E-state index is 0.567. The molecule has 0 spiro atoms. The van der Waals surface area contributed by atoms with Crippen LogP contribution in [0, 0.1) is 0 Å². The van der Waals surface area contributed by atoms with E-state index < -0.39 is 0 Å². The average molecular weight is 549 g/mol. The minimum atomic E-state index is 0.567. The molecule has 1 N–H and O–H groups in total. The topological polar surface area (TPSA) is 60.9 Å². The van der Waals surface area contributed by atoms with Gasteiger partial charge in [0.05, 0.1) is 22.8 Å². The number of nitrogens with zero attached hydrogens (tertiary/aromatic N) is 5. The van der Waals surface area contributed by atoms with Crippen LogP contribution in [0.5, 0.6) is 0 Å². The van der Waals surface area contributed by atoms with Gasteiger partial charge in [0.2, 0.25) is 0 Å². The third-order valence-electron chi connectivity index (χ3n) is 9.06. The SMILES string of the molecule is c1ccc(-c2c(CN(Cc3ccccn3)C3CCCCC3)n[nH]c2CN(Cc2ccccn2)C2CCCCC2)cc1. The molecule has 2 fully saturated rings. The molecule has 0 bridgehead atoms. The Morgan fingerprint density at radius 3 is 1.66 bits per heavy atom. The molecule has 214 valence electrons. The number of aromatic amines is 1. The van der Waals surface area contributed by atoms with Crippen molar-refractivity contribution in [1.82, 2.24) is 30.0 Å². The second-order valence-corrected chi connectivity index (χ2v) is 11.9. The number of H-pyrrole nitrogens is 1. The zero-order chi connectivity index (χ0) is 27.7. The molecule has 2 saturated carbocycles. The van der Waals surface area contributed by atoms with E-state index in [1.807, 2.05) is 24.5 Å². The van der Waals surface area contributed by atoms with Crippen molar-refractivity contribution in [3.8, 4) is 11.1 Å². The summed E-state index contributed by atoms with van der Waals surface area (Å²) in [6.45, 7) is 3.39. The molecule has 3 aromatic heterocycles. The van der Waals surface area contributed by atoms with Gasteiger partial charge in [-0.05, 0) is 55.5 Å². The average Bonchev–Trinajstić information content (AvgIpc) is 3.44. The molecule has 0 unspecified atom stereocenters. The van der Waals surface area contributed by atoms with Crippen LogP contribution in [0.2, 0.25) is 0 Å². The van der Waals surface area contributed by atoms with Gasteiger partial charge in [0.25, 0.3) is 0 Å². The standard InChI is InChI=1S/C35H44N6/c1-4-14-28(15-5-1)35-33(26-40(31-18-6-2-7-19-31)24-29-16-10-12-22-36-29)38-39-34(35)27-41(32-20-8-3-9-21-32)25-30-17-11-13-23-37-30/h1,4-5,10-17,22-23,31-32H,2-3,6-9,18-21,24-27H2,(H,38,39). The molecular weight excluding hydrogens is 504 g/mol. The number of benzene rings is 1. The fourth-order valence-electron chi connectivity index (χ4n) is 6.91. The van der Waals surface area contributed by atoms with E-state index in [0.29, 0.717) is 12.1 Å². The highest BCUT2D eigenvalue weighted by molar-refractivity contribution is 5.68. The Balaban J connectivity index is 1.32. The first-order valence-electron chi connectivity index (χ1n) is 15.7. The maximum absolute atomic E-state index is 5.04. The van der Waals surface area contributed by atoms with Gasteiger partial charge in [-0.2, -0.15) is 5.10 Å². The van der Waals surface area contributed by atoms with Crippen LogP contribution in [0.15, 0.2) is 79.1 Å². The number of pyridine rings is 2. The molecule has 6 rings (SSSR count). The van der Waals surface area contributed by atoms with Gasteiger partial charge in [-0.1, -0.05) is 81.0 Å². The van der Waals surface area contributed by atoms with Crippen LogP contribution in [0.1, 0.15) is 87.0 Å². The summed E-state index contributed by atoms with van der Waals surface area (Å²) in [5, 5.41) is 8.59. The Hall–Kier alpha value is -3.35. The molecule has 0 radical (unpaired) electrons. The zero-order valence-corrected chi connectivity index (χ0v) is 24.3. The van der Waals surface area contributed by atoms with Crippen LogP contribution in [0.4, 0.5) is 0 Å². The molecule has 4 aromatic rings. The van der Waals surface area contributed by atoms with Gasteiger partial charge in [-0.25, -0.2) is 0 Å². The summed E-state index contributed by atoms with van der Waals surface area (Å²) >= 11 is 0. The van der Waals surface area contributed by atoms with Crippen LogP contribution in [-0.2, 0) is 26.2 Å². The molecule has 41 heavy (non-hydrogen) atoms. The predicted molar refractivity (Wildman–Crippen MR) is 165 cm³/mol. The van der Waals surface area contributed by atoms with Gasteiger partial charge in [0, 0.05) is 56.2 Å². The summed E-state index contributed by atoms with van der Waals surface area (Å²) in [5.74, 6) is 0. The normalized spacial score (nSPS) is 16.9. The van der Waals surface area contributed by atoms with Crippen molar-refractivity contribution in [2.45, 2.75) is 102 Å². The van der Waals surface area contributed by atoms with Gasteiger partial charge < -0.3 is 0 Å². The molecule has 0 atom stereocenters. The van der Waals surface area contributed by atoms with Gasteiger partial charge in [0.15, 0.2) is 0 Å². The van der Waals surface area contributed by atoms with E-state index in [1.165, 1.54) is 81.0 Å². The van der Waals surface area contributed by atoms with E-state index in [1.54, 1.807) is 0 Å². The summed E-state index contributed by atoms with van der Waals surface area (Å²) in [6, 6.07) is 24.6. The Bertz CT molecular complexity index is 1230.